The van der Waals surface area contributed by atoms with Crippen LogP contribution in [0.4, 0.5) is 10.1 Å². The first-order valence-electron chi connectivity index (χ1n) is 5.59. The second-order valence-corrected chi connectivity index (χ2v) is 6.67. The van der Waals surface area contributed by atoms with Crippen LogP contribution in [0.1, 0.15) is 13.8 Å². The smallest absolute Gasteiger partial charge is 0.152 e. The Morgan fingerprint density at radius 1 is 1.24 bits per heavy atom. The molecule has 1 N–H and O–H groups in total. The van der Waals surface area contributed by atoms with Gasteiger partial charge in [-0.2, -0.15) is 0 Å². The van der Waals surface area contributed by atoms with Crippen molar-refractivity contribution >= 4 is 15.5 Å². The first-order valence-corrected chi connectivity index (χ1v) is 7.41. The topological polar surface area (TPSA) is 46.2 Å². The van der Waals surface area contributed by atoms with Crippen LogP contribution in [0, 0.1) is 11.7 Å². The van der Waals surface area contributed by atoms with E-state index in [4.69, 9.17) is 0 Å². The molecule has 0 saturated carbocycles. The summed E-state index contributed by atoms with van der Waals surface area (Å²) >= 11 is 0. The van der Waals surface area contributed by atoms with Crippen molar-refractivity contribution in [1.29, 1.82) is 0 Å². The molecule has 3 nitrogen and oxygen atoms in total. The lowest BCUT2D eigenvalue weighted by Crippen LogP contribution is -2.20. The fraction of sp³-hybridized carbons (Fsp3) is 0.500. The quantitative estimate of drug-likeness (QED) is 0.852. The van der Waals surface area contributed by atoms with E-state index in [2.05, 4.69) is 5.32 Å². The van der Waals surface area contributed by atoms with Crippen molar-refractivity contribution in [2.45, 2.75) is 13.8 Å². The van der Waals surface area contributed by atoms with E-state index >= 15 is 0 Å². The predicted molar refractivity (Wildman–Crippen MR) is 68.4 cm³/mol. The van der Waals surface area contributed by atoms with Gasteiger partial charge < -0.3 is 5.32 Å². The van der Waals surface area contributed by atoms with Gasteiger partial charge in [0.15, 0.2) is 9.84 Å². The van der Waals surface area contributed by atoms with E-state index in [-0.39, 0.29) is 23.2 Å². The Morgan fingerprint density at radius 2 is 1.82 bits per heavy atom. The molecule has 1 rings (SSSR count). The van der Waals surface area contributed by atoms with Crippen LogP contribution in [0.25, 0.3) is 0 Å². The van der Waals surface area contributed by atoms with Crippen LogP contribution in [-0.4, -0.2) is 26.5 Å². The fourth-order valence-electron chi connectivity index (χ4n) is 1.51. The molecule has 96 valence electrons. The number of nitrogens with one attached hydrogen (secondary N) is 1. The average Bonchev–Trinajstić information content (AvgIpc) is 2.18. The van der Waals surface area contributed by atoms with Crippen molar-refractivity contribution in [1.82, 2.24) is 0 Å². The summed E-state index contributed by atoms with van der Waals surface area (Å²) in [5.74, 6) is 0.148. The summed E-state index contributed by atoms with van der Waals surface area (Å²) in [6.07, 6.45) is 0. The maximum atomic E-state index is 12.6. The molecule has 0 heterocycles. The zero-order chi connectivity index (χ0) is 12.9. The normalized spacial score (nSPS) is 11.8. The SMILES string of the molecule is CC(C)CS(=O)(=O)CCNc1ccc(F)cc1. The number of hydrogen-bond acceptors (Lipinski definition) is 3. The molecule has 5 heteroatoms. The van der Waals surface area contributed by atoms with Crippen LogP contribution < -0.4 is 5.32 Å². The number of hydrogen-bond donors (Lipinski definition) is 1. The van der Waals surface area contributed by atoms with Gasteiger partial charge in [0.1, 0.15) is 5.82 Å². The van der Waals surface area contributed by atoms with Gasteiger partial charge in [-0.1, -0.05) is 13.8 Å². The summed E-state index contributed by atoms with van der Waals surface area (Å²) in [5.41, 5.74) is 0.728. The molecule has 0 saturated heterocycles. The van der Waals surface area contributed by atoms with Gasteiger partial charge in [-0.15, -0.1) is 0 Å². The van der Waals surface area contributed by atoms with Crippen molar-refractivity contribution < 1.29 is 12.8 Å². The Kier molecular flexibility index (Phi) is 4.93. The molecule has 0 aliphatic carbocycles. The third kappa shape index (κ3) is 5.68. The largest absolute Gasteiger partial charge is 0.384 e. The molecule has 0 fully saturated rings. The molecule has 0 aliphatic rings. The minimum atomic E-state index is -3.00. The second-order valence-electron chi connectivity index (χ2n) is 4.44. The van der Waals surface area contributed by atoms with Crippen molar-refractivity contribution in [2.75, 3.05) is 23.4 Å². The monoisotopic (exact) mass is 259 g/mol. The molecule has 0 spiro atoms. The summed E-state index contributed by atoms with van der Waals surface area (Å²) in [5, 5.41) is 2.96. The number of benzene rings is 1. The molecule has 0 aromatic heterocycles. The van der Waals surface area contributed by atoms with Gasteiger partial charge >= 0.3 is 0 Å². The van der Waals surface area contributed by atoms with Crippen molar-refractivity contribution in [3.05, 3.63) is 30.1 Å². The molecular weight excluding hydrogens is 241 g/mol. The van der Waals surface area contributed by atoms with Gasteiger partial charge in [0.05, 0.1) is 11.5 Å². The zero-order valence-electron chi connectivity index (χ0n) is 10.1. The Balaban J connectivity index is 2.40. The Labute approximate surface area is 102 Å². The Morgan fingerprint density at radius 3 is 2.35 bits per heavy atom. The van der Waals surface area contributed by atoms with E-state index in [1.54, 1.807) is 12.1 Å². The first kappa shape index (κ1) is 14.0. The first-order chi connectivity index (χ1) is 7.89. The molecule has 1 aromatic carbocycles. The predicted octanol–water partition coefficient (Wildman–Crippen LogP) is 2.31. The van der Waals surface area contributed by atoms with Crippen molar-refractivity contribution in [3.63, 3.8) is 0 Å². The van der Waals surface area contributed by atoms with E-state index in [1.807, 2.05) is 13.8 Å². The minimum absolute atomic E-state index is 0.0998. The van der Waals surface area contributed by atoms with Crippen LogP contribution in [0.2, 0.25) is 0 Å². The molecule has 1 aromatic rings. The molecule has 0 bridgehead atoms. The van der Waals surface area contributed by atoms with Crippen LogP contribution in [0.15, 0.2) is 24.3 Å². The number of halogens is 1. The number of anilines is 1. The van der Waals surface area contributed by atoms with Crippen molar-refractivity contribution in [2.24, 2.45) is 5.92 Å². The lowest BCUT2D eigenvalue weighted by Gasteiger charge is -2.08. The van der Waals surface area contributed by atoms with Gasteiger partial charge in [-0.05, 0) is 30.2 Å². The highest BCUT2D eigenvalue weighted by molar-refractivity contribution is 7.91. The van der Waals surface area contributed by atoms with Gasteiger partial charge in [0.25, 0.3) is 0 Å². The van der Waals surface area contributed by atoms with Gasteiger partial charge in [0.2, 0.25) is 0 Å². The highest BCUT2D eigenvalue weighted by Crippen LogP contribution is 2.08. The Hall–Kier alpha value is -1.10. The average molecular weight is 259 g/mol. The molecule has 0 aliphatic heterocycles. The number of rotatable bonds is 6. The maximum absolute atomic E-state index is 12.6. The van der Waals surface area contributed by atoms with Crippen LogP contribution in [-0.2, 0) is 9.84 Å². The summed E-state index contributed by atoms with van der Waals surface area (Å²) in [4.78, 5) is 0. The maximum Gasteiger partial charge on any atom is 0.152 e. The molecular formula is C12H18FNO2S. The van der Waals surface area contributed by atoms with E-state index < -0.39 is 9.84 Å². The molecule has 17 heavy (non-hydrogen) atoms. The number of sulfone groups is 1. The van der Waals surface area contributed by atoms with E-state index in [1.165, 1.54) is 12.1 Å². The van der Waals surface area contributed by atoms with Gasteiger partial charge in [-0.3, -0.25) is 0 Å². The summed E-state index contributed by atoms with van der Waals surface area (Å²) in [7, 11) is -3.00. The second kappa shape index (κ2) is 6.00. The van der Waals surface area contributed by atoms with Gasteiger partial charge in [0, 0.05) is 12.2 Å². The van der Waals surface area contributed by atoms with Crippen LogP contribution in [0.5, 0.6) is 0 Å². The van der Waals surface area contributed by atoms with E-state index in [0.717, 1.165) is 5.69 Å². The van der Waals surface area contributed by atoms with E-state index in [0.29, 0.717) is 6.54 Å². The minimum Gasteiger partial charge on any atom is -0.384 e. The molecule has 0 atom stereocenters. The van der Waals surface area contributed by atoms with E-state index in [9.17, 15) is 12.8 Å². The van der Waals surface area contributed by atoms with Gasteiger partial charge in [-0.25, -0.2) is 12.8 Å². The van der Waals surface area contributed by atoms with Crippen LogP contribution >= 0.6 is 0 Å². The molecule has 0 radical (unpaired) electrons. The third-order valence-corrected chi connectivity index (χ3v) is 4.17. The molecule has 0 unspecified atom stereocenters. The highest BCUT2D eigenvalue weighted by atomic mass is 32.2. The standard InChI is InChI=1S/C12H18FNO2S/c1-10(2)9-17(15,16)8-7-14-12-5-3-11(13)4-6-12/h3-6,10,14H,7-9H2,1-2H3. The van der Waals surface area contributed by atoms with Crippen molar-refractivity contribution in [3.8, 4) is 0 Å². The fourth-order valence-corrected chi connectivity index (χ4v) is 3.11. The van der Waals surface area contributed by atoms with Crippen LogP contribution in [0.3, 0.4) is 0 Å². The summed E-state index contributed by atoms with van der Waals surface area (Å²) < 4.78 is 35.8. The third-order valence-electron chi connectivity index (χ3n) is 2.17. The summed E-state index contributed by atoms with van der Waals surface area (Å²) in [6.45, 7) is 4.11. The lowest BCUT2D eigenvalue weighted by molar-refractivity contribution is 0.582. The summed E-state index contributed by atoms with van der Waals surface area (Å²) in [6, 6.07) is 5.85. The zero-order valence-corrected chi connectivity index (χ0v) is 10.9. The lowest BCUT2D eigenvalue weighted by atomic mass is 10.3. The highest BCUT2D eigenvalue weighted by Gasteiger charge is 2.12. The molecule has 0 amide bonds. The Bertz CT molecular complexity index is 440.